The Balaban J connectivity index is 2.44. The van der Waals surface area contributed by atoms with E-state index in [2.05, 4.69) is 10.0 Å². The van der Waals surface area contributed by atoms with Crippen molar-refractivity contribution in [1.29, 1.82) is 0 Å². The van der Waals surface area contributed by atoms with Crippen molar-refractivity contribution in [1.82, 2.24) is 0 Å². The van der Waals surface area contributed by atoms with Crippen molar-refractivity contribution in [3.63, 3.8) is 0 Å². The number of carbonyl (C=O) groups is 1. The minimum absolute atomic E-state index is 0.105. The summed E-state index contributed by atoms with van der Waals surface area (Å²) in [5, 5.41) is 11.7. The van der Waals surface area contributed by atoms with Crippen LogP contribution in [0.2, 0.25) is 0 Å². The Morgan fingerprint density at radius 2 is 1.82 bits per heavy atom. The number of amides is 1. The summed E-state index contributed by atoms with van der Waals surface area (Å²) in [6.45, 7) is 0.887. The highest BCUT2D eigenvalue weighted by molar-refractivity contribution is 7.92. The molecule has 0 aliphatic rings. The van der Waals surface area contributed by atoms with Gasteiger partial charge in [-0.3, -0.25) is 9.52 Å². The molecule has 0 unspecified atom stereocenters. The minimum Gasteiger partial charge on any atom is -0.493 e. The molecular formula is C18H21FN2O6S. The Morgan fingerprint density at radius 1 is 1.14 bits per heavy atom. The number of carbonyl (C=O) groups excluding carboxylic acids is 1. The van der Waals surface area contributed by atoms with E-state index in [1.165, 1.54) is 32.4 Å². The van der Waals surface area contributed by atoms with Crippen LogP contribution in [0.25, 0.3) is 0 Å². The Hall–Kier alpha value is -2.85. The number of aliphatic hydroxyl groups is 1. The first-order valence-electron chi connectivity index (χ1n) is 8.23. The van der Waals surface area contributed by atoms with Crippen LogP contribution in [0.4, 0.5) is 15.8 Å². The molecule has 2 aromatic rings. The van der Waals surface area contributed by atoms with E-state index in [-0.39, 0.29) is 23.4 Å². The van der Waals surface area contributed by atoms with Gasteiger partial charge in [-0.2, -0.15) is 0 Å². The third-order valence-corrected chi connectivity index (χ3v) is 5.23. The van der Waals surface area contributed by atoms with Crippen LogP contribution in [0.3, 0.4) is 0 Å². The van der Waals surface area contributed by atoms with E-state index in [4.69, 9.17) is 9.47 Å². The Bertz CT molecular complexity index is 978. The lowest BCUT2D eigenvalue weighted by Gasteiger charge is -2.15. The normalized spacial score (nSPS) is 11.0. The lowest BCUT2D eigenvalue weighted by Crippen LogP contribution is -2.17. The van der Waals surface area contributed by atoms with E-state index in [1.54, 1.807) is 6.92 Å². The van der Waals surface area contributed by atoms with Gasteiger partial charge in [-0.15, -0.1) is 0 Å². The fourth-order valence-corrected chi connectivity index (χ4v) is 3.48. The van der Waals surface area contributed by atoms with E-state index in [1.807, 2.05) is 0 Å². The predicted molar refractivity (Wildman–Crippen MR) is 102 cm³/mol. The average molecular weight is 412 g/mol. The predicted octanol–water partition coefficient (Wildman–Crippen LogP) is 2.48. The van der Waals surface area contributed by atoms with E-state index in [0.29, 0.717) is 11.5 Å². The second-order valence-corrected chi connectivity index (χ2v) is 7.35. The SMILES string of the molecule is CCC(=O)Nc1cc(S(=O)(=O)Nc2ccc(OC)c(OC)c2)cc(F)c1CO. The van der Waals surface area contributed by atoms with Gasteiger partial charge in [0, 0.05) is 18.1 Å². The molecule has 0 heterocycles. The standard InChI is InChI=1S/C18H21FN2O6S/c1-4-18(23)20-15-9-12(8-14(19)13(15)10-22)28(24,25)21-11-5-6-16(26-2)17(7-11)27-3/h5-9,21-22H,4,10H2,1-3H3,(H,20,23). The molecule has 0 fully saturated rings. The number of nitrogens with one attached hydrogen (secondary N) is 2. The quantitative estimate of drug-likeness (QED) is 0.614. The molecule has 2 rings (SSSR count). The average Bonchev–Trinajstić information content (AvgIpc) is 2.67. The van der Waals surface area contributed by atoms with E-state index in [0.717, 1.165) is 12.1 Å². The van der Waals surface area contributed by atoms with Crippen LogP contribution in [0.1, 0.15) is 18.9 Å². The van der Waals surface area contributed by atoms with E-state index < -0.39 is 33.3 Å². The van der Waals surface area contributed by atoms with Crippen LogP contribution < -0.4 is 19.5 Å². The minimum atomic E-state index is -4.19. The molecule has 0 bridgehead atoms. The summed E-state index contributed by atoms with van der Waals surface area (Å²) in [6, 6.07) is 6.24. The number of halogens is 1. The Morgan fingerprint density at radius 3 is 2.39 bits per heavy atom. The van der Waals surface area contributed by atoms with Crippen molar-refractivity contribution in [2.45, 2.75) is 24.8 Å². The molecule has 0 aliphatic carbocycles. The second-order valence-electron chi connectivity index (χ2n) is 5.67. The van der Waals surface area contributed by atoms with Gasteiger partial charge in [-0.1, -0.05) is 6.92 Å². The van der Waals surface area contributed by atoms with Crippen LogP contribution >= 0.6 is 0 Å². The number of ether oxygens (including phenoxy) is 2. The summed E-state index contributed by atoms with van der Waals surface area (Å²) in [7, 11) is -1.34. The summed E-state index contributed by atoms with van der Waals surface area (Å²) in [5.74, 6) is -0.686. The van der Waals surface area contributed by atoms with Gasteiger partial charge in [0.05, 0.1) is 37.1 Å². The Labute approximate surface area is 162 Å². The maximum Gasteiger partial charge on any atom is 0.262 e. The smallest absolute Gasteiger partial charge is 0.262 e. The van der Waals surface area contributed by atoms with Crippen molar-refractivity contribution in [2.24, 2.45) is 0 Å². The molecular weight excluding hydrogens is 391 g/mol. The molecule has 0 spiro atoms. The molecule has 1 amide bonds. The molecule has 152 valence electrons. The molecule has 3 N–H and O–H groups in total. The molecule has 0 atom stereocenters. The van der Waals surface area contributed by atoms with Crippen molar-refractivity contribution in [3.05, 3.63) is 41.7 Å². The first kappa shape index (κ1) is 21.5. The first-order chi connectivity index (χ1) is 13.2. The molecule has 2 aromatic carbocycles. The number of anilines is 2. The fourth-order valence-electron chi connectivity index (χ4n) is 2.39. The van der Waals surface area contributed by atoms with Gasteiger partial charge >= 0.3 is 0 Å². The van der Waals surface area contributed by atoms with Crippen LogP contribution in [0.15, 0.2) is 35.2 Å². The molecule has 0 saturated carbocycles. The summed E-state index contributed by atoms with van der Waals surface area (Å²) in [6.07, 6.45) is 0.105. The molecule has 0 aliphatic heterocycles. The van der Waals surface area contributed by atoms with E-state index >= 15 is 0 Å². The highest BCUT2D eigenvalue weighted by atomic mass is 32.2. The molecule has 10 heteroatoms. The second kappa shape index (κ2) is 8.89. The maximum atomic E-state index is 14.3. The van der Waals surface area contributed by atoms with Crippen molar-refractivity contribution < 1.29 is 32.2 Å². The molecule has 8 nitrogen and oxygen atoms in total. The van der Waals surface area contributed by atoms with Crippen LogP contribution in [0, 0.1) is 5.82 Å². The van der Waals surface area contributed by atoms with Gasteiger partial charge in [0.2, 0.25) is 5.91 Å². The van der Waals surface area contributed by atoms with E-state index in [9.17, 15) is 22.7 Å². The van der Waals surface area contributed by atoms with Crippen molar-refractivity contribution in [2.75, 3.05) is 24.3 Å². The zero-order valence-electron chi connectivity index (χ0n) is 15.6. The number of methoxy groups -OCH3 is 2. The lowest BCUT2D eigenvalue weighted by molar-refractivity contribution is -0.115. The summed E-state index contributed by atoms with van der Waals surface area (Å²) >= 11 is 0. The van der Waals surface area contributed by atoms with Gasteiger partial charge in [0.1, 0.15) is 5.82 Å². The Kier molecular flexibility index (Phi) is 6.81. The summed E-state index contributed by atoms with van der Waals surface area (Å²) < 4.78 is 52.2. The van der Waals surface area contributed by atoms with Gasteiger partial charge in [-0.05, 0) is 24.3 Å². The number of benzene rings is 2. The number of sulfonamides is 1. The highest BCUT2D eigenvalue weighted by Crippen LogP contribution is 2.31. The number of rotatable bonds is 8. The molecule has 0 saturated heterocycles. The third kappa shape index (κ3) is 4.70. The molecule has 0 radical (unpaired) electrons. The van der Waals surface area contributed by atoms with Crippen LogP contribution in [-0.4, -0.2) is 33.7 Å². The fraction of sp³-hybridized carbons (Fsp3) is 0.278. The number of hydrogen-bond donors (Lipinski definition) is 3. The van der Waals surface area contributed by atoms with Crippen molar-refractivity contribution in [3.8, 4) is 11.5 Å². The van der Waals surface area contributed by atoms with Crippen LogP contribution in [-0.2, 0) is 21.4 Å². The topological polar surface area (TPSA) is 114 Å². The van der Waals surface area contributed by atoms with Gasteiger partial charge in [0.15, 0.2) is 11.5 Å². The van der Waals surface area contributed by atoms with Gasteiger partial charge in [-0.25, -0.2) is 12.8 Å². The number of hydrogen-bond acceptors (Lipinski definition) is 6. The first-order valence-corrected chi connectivity index (χ1v) is 9.72. The van der Waals surface area contributed by atoms with Gasteiger partial charge in [0.25, 0.3) is 10.0 Å². The third-order valence-electron chi connectivity index (χ3n) is 3.87. The van der Waals surface area contributed by atoms with Crippen LogP contribution in [0.5, 0.6) is 11.5 Å². The zero-order valence-corrected chi connectivity index (χ0v) is 16.4. The molecule has 0 aromatic heterocycles. The molecule has 28 heavy (non-hydrogen) atoms. The van der Waals surface area contributed by atoms with Crippen molar-refractivity contribution >= 4 is 27.3 Å². The summed E-state index contributed by atoms with van der Waals surface area (Å²) in [5.41, 5.74) is -0.141. The highest BCUT2D eigenvalue weighted by Gasteiger charge is 2.21. The largest absolute Gasteiger partial charge is 0.493 e. The zero-order chi connectivity index (χ0) is 20.9. The number of aliphatic hydroxyl groups excluding tert-OH is 1. The lowest BCUT2D eigenvalue weighted by atomic mass is 10.1. The van der Waals surface area contributed by atoms with Gasteiger partial charge < -0.3 is 19.9 Å². The monoisotopic (exact) mass is 412 g/mol. The maximum absolute atomic E-state index is 14.3. The summed E-state index contributed by atoms with van der Waals surface area (Å²) in [4.78, 5) is 11.2.